The highest BCUT2D eigenvalue weighted by Crippen LogP contribution is 2.43. The van der Waals surface area contributed by atoms with Crippen LogP contribution in [0.2, 0.25) is 16.6 Å². The summed E-state index contributed by atoms with van der Waals surface area (Å²) in [5, 5.41) is 0. The maximum absolute atomic E-state index is 12.3. The maximum atomic E-state index is 12.3. The largest absolute Gasteiger partial charge is 0.497 e. The van der Waals surface area contributed by atoms with Gasteiger partial charge in [0.1, 0.15) is 11.9 Å². The normalized spacial score (nSPS) is 13.8. The number of carbonyl (C=O) groups is 1. The zero-order valence-corrected chi connectivity index (χ0v) is 24.5. The van der Waals surface area contributed by atoms with Gasteiger partial charge in [-0.1, -0.05) is 66.3 Å². The summed E-state index contributed by atoms with van der Waals surface area (Å²) in [6.07, 6.45) is 5.34. The molecular formula is C29H50O5Si. The third kappa shape index (κ3) is 10.5. The first-order chi connectivity index (χ1) is 16.6. The van der Waals surface area contributed by atoms with Gasteiger partial charge in [0.15, 0.2) is 0 Å². The number of esters is 1. The Morgan fingerprint density at radius 1 is 0.943 bits per heavy atom. The molecule has 1 rings (SSSR count). The molecule has 5 nitrogen and oxygen atoms in total. The van der Waals surface area contributed by atoms with Gasteiger partial charge in [0.25, 0.3) is 0 Å². The predicted octanol–water partition coefficient (Wildman–Crippen LogP) is 7.84. The van der Waals surface area contributed by atoms with E-state index in [-0.39, 0.29) is 18.2 Å². The van der Waals surface area contributed by atoms with Gasteiger partial charge in [-0.2, -0.15) is 0 Å². The minimum atomic E-state index is -1.87. The van der Waals surface area contributed by atoms with Gasteiger partial charge < -0.3 is 18.6 Å². The molecule has 0 N–H and O–H groups in total. The van der Waals surface area contributed by atoms with Crippen LogP contribution in [0.15, 0.2) is 36.9 Å². The van der Waals surface area contributed by atoms with Crippen LogP contribution in [0, 0.1) is 0 Å². The summed E-state index contributed by atoms with van der Waals surface area (Å²) in [5.74, 6) is 0.630. The molecule has 0 saturated heterocycles. The van der Waals surface area contributed by atoms with E-state index in [0.29, 0.717) is 42.7 Å². The molecule has 0 aliphatic carbocycles. The van der Waals surface area contributed by atoms with E-state index in [9.17, 15) is 4.79 Å². The Balaban J connectivity index is 2.33. The molecule has 0 heterocycles. The van der Waals surface area contributed by atoms with Gasteiger partial charge in [-0.15, -0.1) is 0 Å². The minimum Gasteiger partial charge on any atom is -0.497 e. The molecule has 200 valence electrons. The Kier molecular flexibility index (Phi) is 14.5. The van der Waals surface area contributed by atoms with Crippen molar-refractivity contribution in [1.82, 2.24) is 0 Å². The second kappa shape index (κ2) is 16.2. The minimum absolute atomic E-state index is 0.196. The zero-order chi connectivity index (χ0) is 26.4. The Labute approximate surface area is 215 Å². The first kappa shape index (κ1) is 31.4. The predicted molar refractivity (Wildman–Crippen MR) is 147 cm³/mol. The lowest BCUT2D eigenvalue weighted by atomic mass is 10.1. The van der Waals surface area contributed by atoms with Crippen LogP contribution < -0.4 is 4.74 Å². The van der Waals surface area contributed by atoms with Gasteiger partial charge in [-0.05, 0) is 66.9 Å². The van der Waals surface area contributed by atoms with Crippen molar-refractivity contribution in [1.29, 1.82) is 0 Å². The highest BCUT2D eigenvalue weighted by atomic mass is 28.4. The SMILES string of the molecule is C=C[C@@H](CCC[C@H](C)O[Si](C(C)C)(C(C)C)C(C)C)OC(=O)CCCOCc1ccc(OC)cc1. The topological polar surface area (TPSA) is 54.0 Å². The molecule has 0 radical (unpaired) electrons. The lowest BCUT2D eigenvalue weighted by Gasteiger charge is -2.44. The Bertz CT molecular complexity index is 707. The summed E-state index contributed by atoms with van der Waals surface area (Å²) >= 11 is 0. The first-order valence-corrected chi connectivity index (χ1v) is 15.4. The Morgan fingerprint density at radius 3 is 2.06 bits per heavy atom. The fourth-order valence-corrected chi connectivity index (χ4v) is 10.7. The van der Waals surface area contributed by atoms with Crippen molar-refractivity contribution in [2.75, 3.05) is 13.7 Å². The van der Waals surface area contributed by atoms with Crippen LogP contribution >= 0.6 is 0 Å². The molecule has 0 unspecified atom stereocenters. The number of ether oxygens (including phenoxy) is 3. The van der Waals surface area contributed by atoms with Gasteiger partial charge in [0.2, 0.25) is 8.32 Å². The summed E-state index contributed by atoms with van der Waals surface area (Å²) in [4.78, 5) is 12.3. The maximum Gasteiger partial charge on any atom is 0.306 e. The third-order valence-electron chi connectivity index (χ3n) is 6.85. The van der Waals surface area contributed by atoms with Gasteiger partial charge >= 0.3 is 5.97 Å². The molecule has 1 aromatic carbocycles. The van der Waals surface area contributed by atoms with Crippen molar-refractivity contribution in [3.63, 3.8) is 0 Å². The van der Waals surface area contributed by atoms with E-state index in [1.165, 1.54) is 0 Å². The monoisotopic (exact) mass is 506 g/mol. The van der Waals surface area contributed by atoms with Crippen LogP contribution in [0.25, 0.3) is 0 Å². The molecule has 0 aliphatic rings. The number of methoxy groups -OCH3 is 1. The number of hydrogen-bond donors (Lipinski definition) is 0. The van der Waals surface area contributed by atoms with Crippen LogP contribution in [0.1, 0.15) is 86.1 Å². The molecule has 0 saturated carbocycles. The molecule has 0 spiro atoms. The molecule has 2 atom stereocenters. The van der Waals surface area contributed by atoms with Gasteiger partial charge in [-0.3, -0.25) is 4.79 Å². The van der Waals surface area contributed by atoms with E-state index in [2.05, 4.69) is 55.0 Å². The van der Waals surface area contributed by atoms with Crippen LogP contribution in [-0.4, -0.2) is 40.2 Å². The molecular weight excluding hydrogens is 456 g/mol. The first-order valence-electron chi connectivity index (χ1n) is 13.3. The summed E-state index contributed by atoms with van der Waals surface area (Å²) in [6.45, 7) is 21.0. The van der Waals surface area contributed by atoms with Crippen LogP contribution in [-0.2, 0) is 25.3 Å². The molecule has 35 heavy (non-hydrogen) atoms. The summed E-state index contributed by atoms with van der Waals surface area (Å²) in [5.41, 5.74) is 2.81. The molecule has 6 heteroatoms. The number of carbonyl (C=O) groups excluding carboxylic acids is 1. The second-order valence-electron chi connectivity index (χ2n) is 10.4. The summed E-state index contributed by atoms with van der Waals surface area (Å²) < 4.78 is 23.3. The highest BCUT2D eigenvalue weighted by Gasteiger charge is 2.45. The van der Waals surface area contributed by atoms with Gasteiger partial charge in [0.05, 0.1) is 13.7 Å². The zero-order valence-electron chi connectivity index (χ0n) is 23.5. The number of benzene rings is 1. The smallest absolute Gasteiger partial charge is 0.306 e. The lowest BCUT2D eigenvalue weighted by molar-refractivity contribution is -0.147. The van der Waals surface area contributed by atoms with E-state index in [1.54, 1.807) is 13.2 Å². The van der Waals surface area contributed by atoms with Crippen molar-refractivity contribution in [2.45, 2.75) is 116 Å². The Morgan fingerprint density at radius 2 is 1.54 bits per heavy atom. The number of rotatable bonds is 18. The number of hydrogen-bond acceptors (Lipinski definition) is 5. The van der Waals surface area contributed by atoms with E-state index in [4.69, 9.17) is 18.6 Å². The van der Waals surface area contributed by atoms with Crippen molar-refractivity contribution in [2.24, 2.45) is 0 Å². The van der Waals surface area contributed by atoms with E-state index in [0.717, 1.165) is 30.6 Å². The fourth-order valence-electron chi connectivity index (χ4n) is 5.11. The van der Waals surface area contributed by atoms with Crippen molar-refractivity contribution in [3.05, 3.63) is 42.5 Å². The second-order valence-corrected chi connectivity index (χ2v) is 15.9. The van der Waals surface area contributed by atoms with E-state index < -0.39 is 8.32 Å². The lowest BCUT2D eigenvalue weighted by Crippen LogP contribution is -2.49. The molecule has 0 fully saturated rings. The van der Waals surface area contributed by atoms with Crippen molar-refractivity contribution >= 4 is 14.3 Å². The van der Waals surface area contributed by atoms with E-state index in [1.807, 2.05) is 24.3 Å². The van der Waals surface area contributed by atoms with Gasteiger partial charge in [0, 0.05) is 19.1 Å². The summed E-state index contributed by atoms with van der Waals surface area (Å²) in [6, 6.07) is 7.78. The fraction of sp³-hybridized carbons (Fsp3) is 0.690. The Hall–Kier alpha value is -1.63. The average Bonchev–Trinajstić information content (AvgIpc) is 2.81. The van der Waals surface area contributed by atoms with Crippen LogP contribution in [0.5, 0.6) is 5.75 Å². The third-order valence-corrected chi connectivity index (χ3v) is 13.1. The van der Waals surface area contributed by atoms with Crippen molar-refractivity contribution < 1.29 is 23.4 Å². The summed E-state index contributed by atoms with van der Waals surface area (Å²) in [7, 11) is -0.225. The average molecular weight is 507 g/mol. The molecule has 0 aromatic heterocycles. The molecule has 0 aliphatic heterocycles. The highest BCUT2D eigenvalue weighted by molar-refractivity contribution is 6.77. The quantitative estimate of drug-likeness (QED) is 0.0878. The molecule has 0 bridgehead atoms. The standard InChI is InChI=1S/C29H50O5Si/c1-10-27(14-11-13-25(8)34-35(22(2)3,23(4)5)24(6)7)33-29(30)15-12-20-32-21-26-16-18-28(31-9)19-17-26/h10,16-19,22-25,27H,1,11-15,20-21H2,2-9H3/t25-,27-/m0/s1. The van der Waals surface area contributed by atoms with Gasteiger partial charge in [-0.25, -0.2) is 0 Å². The van der Waals surface area contributed by atoms with E-state index >= 15 is 0 Å². The molecule has 1 aromatic rings. The van der Waals surface area contributed by atoms with Crippen LogP contribution in [0.3, 0.4) is 0 Å². The van der Waals surface area contributed by atoms with Crippen LogP contribution in [0.4, 0.5) is 0 Å². The molecule has 0 amide bonds. The van der Waals surface area contributed by atoms with Crippen molar-refractivity contribution in [3.8, 4) is 5.75 Å².